The summed E-state index contributed by atoms with van der Waals surface area (Å²) >= 11 is 0. The molecule has 0 unspecified atom stereocenters. The van der Waals surface area contributed by atoms with Crippen LogP contribution in [0.2, 0.25) is 0 Å². The van der Waals surface area contributed by atoms with Crippen LogP contribution >= 0.6 is 12.4 Å². The van der Waals surface area contributed by atoms with Crippen LogP contribution in [0, 0.1) is 0 Å². The Hall–Kier alpha value is -0.320. The first-order valence-electron chi connectivity index (χ1n) is 3.74. The van der Waals surface area contributed by atoms with Gasteiger partial charge in [-0.25, -0.2) is 0 Å². The summed E-state index contributed by atoms with van der Waals surface area (Å²) in [4.78, 5) is 10.7. The van der Waals surface area contributed by atoms with Crippen molar-refractivity contribution in [2.24, 2.45) is 5.73 Å². The molecule has 0 saturated carbocycles. The number of hydrogen-bond acceptors (Lipinski definition) is 4. The van der Waals surface area contributed by atoms with Crippen molar-refractivity contribution in [1.29, 1.82) is 0 Å². The molecule has 0 fully saturated rings. The topological polar surface area (TPSA) is 61.5 Å². The molecule has 0 saturated heterocycles. The van der Waals surface area contributed by atoms with Gasteiger partial charge in [-0.1, -0.05) is 0 Å². The minimum atomic E-state index is -0.218. The fourth-order valence-corrected chi connectivity index (χ4v) is 0.574. The Labute approximate surface area is 78.8 Å². The molecule has 12 heavy (non-hydrogen) atoms. The van der Waals surface area contributed by atoms with Crippen molar-refractivity contribution < 1.29 is 14.3 Å². The highest BCUT2D eigenvalue weighted by atomic mass is 35.5. The minimum Gasteiger partial charge on any atom is -0.466 e. The van der Waals surface area contributed by atoms with Gasteiger partial charge < -0.3 is 15.2 Å². The molecule has 0 atom stereocenters. The summed E-state index contributed by atoms with van der Waals surface area (Å²) in [6.07, 6.45) is 0.313. The van der Waals surface area contributed by atoms with Crippen molar-refractivity contribution in [3.05, 3.63) is 0 Å². The SMILES string of the molecule is CCOC(=O)CCOCCN.Cl. The first-order chi connectivity index (χ1) is 5.31. The highest BCUT2D eigenvalue weighted by molar-refractivity contribution is 5.85. The van der Waals surface area contributed by atoms with Crippen LogP contribution in [-0.4, -0.2) is 32.3 Å². The third-order valence-electron chi connectivity index (χ3n) is 1.02. The Bertz CT molecular complexity index is 111. The summed E-state index contributed by atoms with van der Waals surface area (Å²) in [5.41, 5.74) is 5.16. The van der Waals surface area contributed by atoms with E-state index in [4.69, 9.17) is 10.5 Å². The summed E-state index contributed by atoms with van der Waals surface area (Å²) in [5.74, 6) is -0.218. The maximum Gasteiger partial charge on any atom is 0.308 e. The quantitative estimate of drug-likeness (QED) is 0.493. The maximum atomic E-state index is 10.7. The van der Waals surface area contributed by atoms with E-state index in [0.29, 0.717) is 32.8 Å². The van der Waals surface area contributed by atoms with Gasteiger partial charge in [0.05, 0.1) is 26.2 Å². The molecule has 5 heteroatoms. The number of hydrogen-bond donors (Lipinski definition) is 1. The molecule has 4 nitrogen and oxygen atoms in total. The Morgan fingerprint density at radius 2 is 2.08 bits per heavy atom. The molecule has 0 aliphatic heterocycles. The van der Waals surface area contributed by atoms with Crippen molar-refractivity contribution in [2.75, 3.05) is 26.4 Å². The predicted octanol–water partition coefficient (Wildman–Crippen LogP) is 0.337. The Kier molecular flexibility index (Phi) is 12.7. The van der Waals surface area contributed by atoms with Crippen LogP contribution in [0.25, 0.3) is 0 Å². The van der Waals surface area contributed by atoms with E-state index in [2.05, 4.69) is 4.74 Å². The number of esters is 1. The van der Waals surface area contributed by atoms with Gasteiger partial charge in [-0.3, -0.25) is 4.79 Å². The molecule has 2 N–H and O–H groups in total. The van der Waals surface area contributed by atoms with Gasteiger partial charge in [0.1, 0.15) is 0 Å². The van der Waals surface area contributed by atoms with E-state index in [1.165, 1.54) is 0 Å². The summed E-state index contributed by atoms with van der Waals surface area (Å²) in [6.45, 7) is 3.59. The average Bonchev–Trinajstić information content (AvgIpc) is 1.99. The summed E-state index contributed by atoms with van der Waals surface area (Å²) in [7, 11) is 0. The van der Waals surface area contributed by atoms with Crippen LogP contribution in [0.3, 0.4) is 0 Å². The van der Waals surface area contributed by atoms with E-state index >= 15 is 0 Å². The van der Waals surface area contributed by atoms with Crippen LogP contribution in [0.1, 0.15) is 13.3 Å². The second-order valence-corrected chi connectivity index (χ2v) is 1.96. The minimum absolute atomic E-state index is 0. The van der Waals surface area contributed by atoms with Gasteiger partial charge in [0.25, 0.3) is 0 Å². The monoisotopic (exact) mass is 197 g/mol. The lowest BCUT2D eigenvalue weighted by Gasteiger charge is -2.01. The fraction of sp³-hybridized carbons (Fsp3) is 0.857. The van der Waals surface area contributed by atoms with E-state index in [-0.39, 0.29) is 18.4 Å². The Morgan fingerprint density at radius 3 is 2.58 bits per heavy atom. The molecule has 0 heterocycles. The Morgan fingerprint density at radius 1 is 1.42 bits per heavy atom. The summed E-state index contributed by atoms with van der Waals surface area (Å²) in [5, 5.41) is 0. The molecule has 0 aromatic heterocycles. The van der Waals surface area contributed by atoms with Crippen molar-refractivity contribution in [3.63, 3.8) is 0 Å². The number of halogens is 1. The normalized spacial score (nSPS) is 8.83. The zero-order chi connectivity index (χ0) is 8.53. The van der Waals surface area contributed by atoms with E-state index in [1.807, 2.05) is 0 Å². The number of carbonyl (C=O) groups excluding carboxylic acids is 1. The molecular formula is C7H16ClNO3. The molecule has 0 rings (SSSR count). The number of nitrogens with two attached hydrogens (primary N) is 1. The zero-order valence-electron chi connectivity index (χ0n) is 7.25. The standard InChI is InChI=1S/C7H15NO3.ClH/c1-2-11-7(9)3-5-10-6-4-8;/h2-6,8H2,1H3;1H. The number of carbonyl (C=O) groups is 1. The number of ether oxygens (including phenoxy) is 2. The third kappa shape index (κ3) is 9.68. The van der Waals surface area contributed by atoms with Crippen LogP contribution in [0.4, 0.5) is 0 Å². The van der Waals surface area contributed by atoms with Crippen molar-refractivity contribution >= 4 is 18.4 Å². The first kappa shape index (κ1) is 14.2. The molecule has 0 aliphatic carbocycles. The van der Waals surface area contributed by atoms with Gasteiger partial charge >= 0.3 is 5.97 Å². The second kappa shape index (κ2) is 10.7. The van der Waals surface area contributed by atoms with E-state index < -0.39 is 0 Å². The van der Waals surface area contributed by atoms with E-state index in [1.54, 1.807) is 6.92 Å². The zero-order valence-corrected chi connectivity index (χ0v) is 8.06. The van der Waals surface area contributed by atoms with Gasteiger partial charge in [-0.05, 0) is 6.92 Å². The fourth-order valence-electron chi connectivity index (χ4n) is 0.574. The smallest absolute Gasteiger partial charge is 0.308 e. The summed E-state index contributed by atoms with van der Waals surface area (Å²) in [6, 6.07) is 0. The van der Waals surface area contributed by atoms with Crippen LogP contribution in [0.5, 0.6) is 0 Å². The van der Waals surface area contributed by atoms with Crippen molar-refractivity contribution in [3.8, 4) is 0 Å². The largest absolute Gasteiger partial charge is 0.466 e. The van der Waals surface area contributed by atoms with E-state index in [9.17, 15) is 4.79 Å². The lowest BCUT2D eigenvalue weighted by molar-refractivity contribution is -0.144. The van der Waals surface area contributed by atoms with Gasteiger partial charge in [0.15, 0.2) is 0 Å². The second-order valence-electron chi connectivity index (χ2n) is 1.96. The highest BCUT2D eigenvalue weighted by Crippen LogP contribution is 1.86. The molecule has 0 aromatic carbocycles. The lowest BCUT2D eigenvalue weighted by atomic mass is 10.5. The molecule has 0 spiro atoms. The maximum absolute atomic E-state index is 10.7. The van der Waals surface area contributed by atoms with Gasteiger partial charge in [0.2, 0.25) is 0 Å². The first-order valence-corrected chi connectivity index (χ1v) is 3.74. The average molecular weight is 198 g/mol. The molecule has 0 amide bonds. The number of rotatable bonds is 6. The van der Waals surface area contributed by atoms with Crippen molar-refractivity contribution in [1.82, 2.24) is 0 Å². The molecule has 74 valence electrons. The lowest BCUT2D eigenvalue weighted by Crippen LogP contribution is -2.12. The third-order valence-corrected chi connectivity index (χ3v) is 1.02. The predicted molar refractivity (Wildman–Crippen MR) is 48.4 cm³/mol. The molecular weight excluding hydrogens is 182 g/mol. The molecule has 0 radical (unpaired) electrons. The van der Waals surface area contributed by atoms with E-state index in [0.717, 1.165) is 0 Å². The Balaban J connectivity index is 0. The van der Waals surface area contributed by atoms with Gasteiger partial charge in [0, 0.05) is 6.54 Å². The van der Waals surface area contributed by atoms with Crippen LogP contribution in [-0.2, 0) is 14.3 Å². The van der Waals surface area contributed by atoms with Crippen LogP contribution < -0.4 is 5.73 Å². The molecule has 0 bridgehead atoms. The van der Waals surface area contributed by atoms with Crippen LogP contribution in [0.15, 0.2) is 0 Å². The highest BCUT2D eigenvalue weighted by Gasteiger charge is 1.99. The van der Waals surface area contributed by atoms with Crippen molar-refractivity contribution in [2.45, 2.75) is 13.3 Å². The molecule has 0 aromatic rings. The molecule has 0 aliphatic rings. The van der Waals surface area contributed by atoms with Gasteiger partial charge in [-0.2, -0.15) is 0 Å². The van der Waals surface area contributed by atoms with Gasteiger partial charge in [-0.15, -0.1) is 12.4 Å². The summed E-state index contributed by atoms with van der Waals surface area (Å²) < 4.78 is 9.65.